The van der Waals surface area contributed by atoms with E-state index >= 15 is 4.39 Å². The summed E-state index contributed by atoms with van der Waals surface area (Å²) in [7, 11) is 0. The van der Waals surface area contributed by atoms with Crippen LogP contribution in [0, 0.1) is 18.3 Å². The Kier molecular flexibility index (Phi) is 6.20. The van der Waals surface area contributed by atoms with Gasteiger partial charge in [-0.25, -0.2) is 18.0 Å². The van der Waals surface area contributed by atoms with Gasteiger partial charge in [-0.2, -0.15) is 0 Å². The highest BCUT2D eigenvalue weighted by Crippen LogP contribution is 2.49. The number of halogens is 3. The van der Waals surface area contributed by atoms with Gasteiger partial charge in [0.2, 0.25) is 5.69 Å². The van der Waals surface area contributed by atoms with Crippen molar-refractivity contribution in [3.8, 4) is 0 Å². The Morgan fingerprint density at radius 3 is 2.82 bits per heavy atom. The van der Waals surface area contributed by atoms with E-state index in [9.17, 15) is 13.6 Å². The number of aliphatic imine (C=N–C) groups is 1. The van der Waals surface area contributed by atoms with Gasteiger partial charge in [-0.15, -0.1) is 11.8 Å². The summed E-state index contributed by atoms with van der Waals surface area (Å²) in [6.45, 7) is 9.40. The lowest BCUT2D eigenvalue weighted by Gasteiger charge is -2.47. The van der Waals surface area contributed by atoms with Gasteiger partial charge < -0.3 is 10.1 Å². The van der Waals surface area contributed by atoms with Crippen molar-refractivity contribution in [3.05, 3.63) is 65.0 Å². The van der Waals surface area contributed by atoms with Crippen LogP contribution in [-0.2, 0) is 10.3 Å². The predicted octanol–water partition coefficient (Wildman–Crippen LogP) is 5.44. The van der Waals surface area contributed by atoms with Crippen LogP contribution in [0.1, 0.15) is 36.3 Å². The normalized spacial score (nSPS) is 24.9. The molecule has 172 valence electrons. The molecule has 3 atom stereocenters. The number of hydrogen-bond acceptors (Lipinski definition) is 5. The van der Waals surface area contributed by atoms with Crippen LogP contribution in [0.2, 0.25) is 0 Å². The van der Waals surface area contributed by atoms with Crippen LogP contribution in [0.15, 0.2) is 41.5 Å². The lowest BCUT2D eigenvalue weighted by atomic mass is 9.74. The number of alkyl halides is 2. The molecule has 1 unspecified atom stereocenters. The number of aromatic nitrogens is 1. The minimum Gasteiger partial charge on any atom is -0.369 e. The van der Waals surface area contributed by atoms with Crippen molar-refractivity contribution in [3.63, 3.8) is 0 Å². The molecule has 1 saturated heterocycles. The van der Waals surface area contributed by atoms with Crippen LogP contribution in [0.25, 0.3) is 4.85 Å². The molecule has 1 fully saturated rings. The first-order valence-corrected chi connectivity index (χ1v) is 11.2. The van der Waals surface area contributed by atoms with Crippen LogP contribution < -0.4 is 5.32 Å². The second-order valence-corrected chi connectivity index (χ2v) is 9.43. The molecular weight excluding hydrogens is 453 g/mol. The highest BCUT2D eigenvalue weighted by atomic mass is 32.2. The monoisotopic (exact) mass is 474 g/mol. The second kappa shape index (κ2) is 8.80. The van der Waals surface area contributed by atoms with Crippen molar-refractivity contribution in [2.75, 3.05) is 17.7 Å². The number of ether oxygens (including phenoxy) is 1. The second-order valence-electron chi connectivity index (χ2n) is 8.22. The fraction of sp³-hybridized carbons (Fsp3) is 0.391. The van der Waals surface area contributed by atoms with Crippen LogP contribution in [-0.4, -0.2) is 40.3 Å². The van der Waals surface area contributed by atoms with Crippen molar-refractivity contribution >= 4 is 34.1 Å². The zero-order valence-corrected chi connectivity index (χ0v) is 18.8. The number of anilines is 1. The maximum absolute atomic E-state index is 15.1. The zero-order valence-electron chi connectivity index (χ0n) is 17.9. The number of nitrogens with one attached hydrogen (secondary N) is 1. The molecule has 3 heterocycles. The predicted molar refractivity (Wildman–Crippen MR) is 121 cm³/mol. The maximum atomic E-state index is 15.1. The minimum absolute atomic E-state index is 0.0423. The highest BCUT2D eigenvalue weighted by Gasteiger charge is 2.53. The number of benzene rings is 1. The molecule has 1 aromatic heterocycles. The van der Waals surface area contributed by atoms with Gasteiger partial charge in [0, 0.05) is 36.0 Å². The summed E-state index contributed by atoms with van der Waals surface area (Å²) < 4.78 is 48.5. The zero-order chi connectivity index (χ0) is 23.8. The Morgan fingerprint density at radius 2 is 2.15 bits per heavy atom. The number of hydrogen-bond donors (Lipinski definition) is 1. The Hall–Kier alpha value is -2.90. The number of carbonyl (C=O) groups is 1. The quantitative estimate of drug-likeness (QED) is 0.599. The van der Waals surface area contributed by atoms with E-state index < -0.39 is 29.3 Å². The molecule has 1 N–H and O–H groups in total. The molecular formula is C23H21F3N4O2S. The molecule has 6 nitrogen and oxygen atoms in total. The molecule has 4 rings (SSSR count). The number of fused-ring (bicyclic) bond motifs is 1. The van der Waals surface area contributed by atoms with E-state index in [2.05, 4.69) is 15.1 Å². The van der Waals surface area contributed by atoms with E-state index in [1.807, 2.05) is 0 Å². The largest absolute Gasteiger partial charge is 0.369 e. The van der Waals surface area contributed by atoms with Crippen molar-refractivity contribution in [2.45, 2.75) is 37.8 Å². The summed E-state index contributed by atoms with van der Waals surface area (Å²) in [5.74, 6) is -3.94. The molecule has 0 aliphatic carbocycles. The van der Waals surface area contributed by atoms with Gasteiger partial charge in [0.25, 0.3) is 11.8 Å². The smallest absolute Gasteiger partial charge is 0.274 e. The molecule has 0 radical (unpaired) electrons. The molecule has 2 aliphatic heterocycles. The van der Waals surface area contributed by atoms with Gasteiger partial charge in [0.1, 0.15) is 23.2 Å². The van der Waals surface area contributed by atoms with Gasteiger partial charge in [-0.1, -0.05) is 6.07 Å². The number of rotatable bonds is 4. The fourth-order valence-corrected chi connectivity index (χ4v) is 5.24. The van der Waals surface area contributed by atoms with Crippen LogP contribution in [0.5, 0.6) is 0 Å². The molecule has 0 saturated carbocycles. The van der Waals surface area contributed by atoms with Crippen molar-refractivity contribution in [1.29, 1.82) is 0 Å². The Balaban J connectivity index is 1.66. The Morgan fingerprint density at radius 1 is 1.36 bits per heavy atom. The van der Waals surface area contributed by atoms with Crippen molar-refractivity contribution in [1.82, 2.24) is 4.98 Å². The van der Waals surface area contributed by atoms with Gasteiger partial charge in [0.05, 0.1) is 18.2 Å². The molecule has 0 bridgehead atoms. The standard InChI is InChI=1S/C23H21F3N4O2S/c1-13-30-23(12-32-20(22(2,25)26)8-14(23)11-33-13)17-9-15(4-6-18(17)24)29-21(31)19-7-5-16(27-3)10-28-19/h4-7,9-10,14,20H,8,11-12H2,1-2H3,(H,29,31)/t14-,20?,23-/m0/s1. The van der Waals surface area contributed by atoms with Crippen LogP contribution >= 0.6 is 11.8 Å². The van der Waals surface area contributed by atoms with Gasteiger partial charge in [-0.3, -0.25) is 14.8 Å². The third-order valence-electron chi connectivity index (χ3n) is 5.89. The van der Waals surface area contributed by atoms with Gasteiger partial charge in [-0.05, 0) is 37.6 Å². The number of thioether (sulfide) groups is 1. The number of nitrogens with zero attached hydrogens (tertiary/aromatic N) is 3. The topological polar surface area (TPSA) is 67.9 Å². The average Bonchev–Trinajstić information content (AvgIpc) is 2.79. The molecule has 33 heavy (non-hydrogen) atoms. The van der Waals surface area contributed by atoms with Crippen molar-refractivity contribution < 1.29 is 22.7 Å². The van der Waals surface area contributed by atoms with E-state index in [1.165, 1.54) is 48.3 Å². The Labute approximate surface area is 193 Å². The SMILES string of the molecule is [C-]#[N+]c1ccc(C(=O)Nc2ccc(F)c([C@]34COC(C(C)(F)F)C[C@H]3CSC(C)=N4)c2)nc1. The lowest BCUT2D eigenvalue weighted by molar-refractivity contribution is -0.170. The minimum atomic E-state index is -3.02. The van der Waals surface area contributed by atoms with E-state index in [1.54, 1.807) is 6.92 Å². The first kappa shape index (κ1) is 23.3. The van der Waals surface area contributed by atoms with Crippen LogP contribution in [0.4, 0.5) is 24.5 Å². The number of carbonyl (C=O) groups excluding carboxylic acids is 1. The number of pyridine rings is 1. The third-order valence-corrected chi connectivity index (χ3v) is 6.97. The molecule has 10 heteroatoms. The summed E-state index contributed by atoms with van der Waals surface area (Å²) in [6.07, 6.45) is 0.0684. The molecule has 1 amide bonds. The van der Waals surface area contributed by atoms with E-state index in [0.29, 0.717) is 17.1 Å². The average molecular weight is 475 g/mol. The van der Waals surface area contributed by atoms with Gasteiger partial charge >= 0.3 is 0 Å². The maximum Gasteiger partial charge on any atom is 0.274 e. The fourth-order valence-electron chi connectivity index (χ4n) is 4.16. The van der Waals surface area contributed by atoms with E-state index in [0.717, 1.165) is 12.0 Å². The first-order valence-electron chi connectivity index (χ1n) is 10.3. The number of amides is 1. The van der Waals surface area contributed by atoms with Crippen molar-refractivity contribution in [2.24, 2.45) is 10.9 Å². The third kappa shape index (κ3) is 4.61. The van der Waals surface area contributed by atoms with Gasteiger partial charge in [0.15, 0.2) is 0 Å². The first-order chi connectivity index (χ1) is 15.6. The van der Waals surface area contributed by atoms with E-state index in [4.69, 9.17) is 16.3 Å². The summed E-state index contributed by atoms with van der Waals surface area (Å²) in [6, 6.07) is 7.02. The molecule has 1 aromatic carbocycles. The lowest BCUT2D eigenvalue weighted by Crippen LogP contribution is -2.53. The molecule has 2 aromatic rings. The summed E-state index contributed by atoms with van der Waals surface area (Å²) >= 11 is 1.46. The van der Waals surface area contributed by atoms with Crippen LogP contribution in [0.3, 0.4) is 0 Å². The molecule has 2 aliphatic rings. The summed E-state index contributed by atoms with van der Waals surface area (Å²) in [5, 5.41) is 3.40. The summed E-state index contributed by atoms with van der Waals surface area (Å²) in [4.78, 5) is 24.5. The Bertz CT molecular complexity index is 1140. The molecule has 0 spiro atoms. The highest BCUT2D eigenvalue weighted by molar-refractivity contribution is 8.13. The van der Waals surface area contributed by atoms with E-state index in [-0.39, 0.29) is 30.2 Å². The summed E-state index contributed by atoms with van der Waals surface area (Å²) in [5.41, 5.74) is -0.246.